The second-order valence-electron chi connectivity index (χ2n) is 4.31. The zero-order valence-corrected chi connectivity index (χ0v) is 13.1. The number of hydrogen-bond donors (Lipinski definition) is 1. The highest BCUT2D eigenvalue weighted by Gasteiger charge is 2.18. The van der Waals surface area contributed by atoms with E-state index in [-0.39, 0.29) is 4.90 Å². The van der Waals surface area contributed by atoms with Gasteiger partial charge in [-0.25, -0.2) is 8.42 Å². The lowest BCUT2D eigenvalue weighted by molar-refractivity contribution is 0.602. The maximum absolute atomic E-state index is 12.6. The fourth-order valence-corrected chi connectivity index (χ4v) is 3.78. The molecule has 1 N–H and O–H groups in total. The number of pyridine rings is 2. The van der Waals surface area contributed by atoms with Crippen LogP contribution in [0.25, 0.3) is 10.8 Å². The maximum Gasteiger partial charge on any atom is 0.262 e. The molecule has 3 aromatic rings. The smallest absolute Gasteiger partial charge is 0.262 e. The van der Waals surface area contributed by atoms with Crippen molar-refractivity contribution in [3.8, 4) is 0 Å². The molecule has 0 radical (unpaired) electrons. The quantitative estimate of drug-likeness (QED) is 0.775. The highest BCUT2D eigenvalue weighted by Crippen LogP contribution is 2.27. The Labute approximate surface area is 130 Å². The second-order valence-corrected chi connectivity index (χ2v) is 6.82. The van der Waals surface area contributed by atoms with E-state index >= 15 is 0 Å². The molecule has 0 amide bonds. The van der Waals surface area contributed by atoms with E-state index in [9.17, 15) is 8.42 Å². The molecule has 0 fully saturated rings. The zero-order chi connectivity index (χ0) is 14.9. The average Bonchev–Trinajstić information content (AvgIpc) is 2.49. The number of nitrogens with one attached hydrogen (secondary N) is 1. The summed E-state index contributed by atoms with van der Waals surface area (Å²) < 4.78 is 28.3. The molecule has 106 valence electrons. The van der Waals surface area contributed by atoms with Crippen LogP contribution in [0.2, 0.25) is 0 Å². The Bertz CT molecular complexity index is 907. The largest absolute Gasteiger partial charge is 0.278 e. The fraction of sp³-hybridized carbons (Fsp3) is 0. The first-order valence-corrected chi connectivity index (χ1v) is 8.30. The predicted molar refractivity (Wildman–Crippen MR) is 84.5 cm³/mol. The summed E-state index contributed by atoms with van der Waals surface area (Å²) in [6.45, 7) is 0. The van der Waals surface area contributed by atoms with E-state index in [1.54, 1.807) is 36.7 Å². The molecule has 0 aliphatic carbocycles. The number of nitrogens with zero attached hydrogens (tertiary/aromatic N) is 2. The third kappa shape index (κ3) is 2.74. The van der Waals surface area contributed by atoms with Crippen molar-refractivity contribution in [3.63, 3.8) is 0 Å². The monoisotopic (exact) mass is 363 g/mol. The zero-order valence-electron chi connectivity index (χ0n) is 10.7. The lowest BCUT2D eigenvalue weighted by atomic mass is 10.2. The van der Waals surface area contributed by atoms with Gasteiger partial charge in [0, 0.05) is 35.6 Å². The van der Waals surface area contributed by atoms with Crippen LogP contribution in [0.4, 0.5) is 5.69 Å². The molecular formula is C14H10BrN3O2S. The van der Waals surface area contributed by atoms with Crippen LogP contribution < -0.4 is 4.72 Å². The van der Waals surface area contributed by atoms with Crippen molar-refractivity contribution in [1.29, 1.82) is 0 Å². The number of halogens is 1. The minimum absolute atomic E-state index is 0.214. The van der Waals surface area contributed by atoms with Crippen molar-refractivity contribution < 1.29 is 8.42 Å². The molecule has 5 nitrogen and oxygen atoms in total. The molecule has 7 heteroatoms. The molecule has 0 saturated heterocycles. The lowest BCUT2D eigenvalue weighted by Crippen LogP contribution is -2.13. The Morgan fingerprint density at radius 1 is 1.00 bits per heavy atom. The van der Waals surface area contributed by atoms with Gasteiger partial charge in [-0.3, -0.25) is 14.7 Å². The van der Waals surface area contributed by atoms with Gasteiger partial charge in [0.05, 0.1) is 15.1 Å². The van der Waals surface area contributed by atoms with E-state index in [0.717, 1.165) is 5.39 Å². The normalized spacial score (nSPS) is 11.5. The van der Waals surface area contributed by atoms with Gasteiger partial charge in [0.1, 0.15) is 0 Å². The summed E-state index contributed by atoms with van der Waals surface area (Å²) in [4.78, 5) is 8.12. The Morgan fingerprint density at radius 2 is 1.76 bits per heavy atom. The molecule has 21 heavy (non-hydrogen) atoms. The van der Waals surface area contributed by atoms with Crippen molar-refractivity contribution in [2.75, 3.05) is 4.72 Å². The molecule has 0 saturated carbocycles. The summed E-state index contributed by atoms with van der Waals surface area (Å²) in [6, 6.07) is 8.36. The minimum Gasteiger partial charge on any atom is -0.278 e. The molecule has 0 unspecified atom stereocenters. The number of rotatable bonds is 3. The summed E-state index contributed by atoms with van der Waals surface area (Å²) in [6.07, 6.45) is 6.26. The molecule has 0 atom stereocenters. The van der Waals surface area contributed by atoms with Gasteiger partial charge in [-0.2, -0.15) is 0 Å². The van der Waals surface area contributed by atoms with Crippen molar-refractivity contribution >= 4 is 42.4 Å². The van der Waals surface area contributed by atoms with Gasteiger partial charge in [0.2, 0.25) is 0 Å². The van der Waals surface area contributed by atoms with Gasteiger partial charge < -0.3 is 0 Å². The van der Waals surface area contributed by atoms with Crippen molar-refractivity contribution in [3.05, 3.63) is 59.6 Å². The van der Waals surface area contributed by atoms with E-state index in [1.165, 1.54) is 12.4 Å². The van der Waals surface area contributed by atoms with E-state index < -0.39 is 10.0 Å². The Balaban J connectivity index is 2.11. The summed E-state index contributed by atoms with van der Waals surface area (Å²) in [5.74, 6) is 0. The Morgan fingerprint density at radius 3 is 2.57 bits per heavy atom. The Hall–Kier alpha value is -1.99. The molecule has 2 heterocycles. The number of fused-ring (bicyclic) bond motifs is 1. The van der Waals surface area contributed by atoms with Crippen LogP contribution in [-0.4, -0.2) is 18.4 Å². The van der Waals surface area contributed by atoms with E-state index in [2.05, 4.69) is 30.6 Å². The number of aromatic nitrogens is 2. The van der Waals surface area contributed by atoms with Gasteiger partial charge >= 0.3 is 0 Å². The van der Waals surface area contributed by atoms with Gasteiger partial charge in [-0.05, 0) is 34.1 Å². The molecule has 0 aliphatic heterocycles. The standard InChI is InChI=1S/C14H10BrN3O2S/c15-12-9-17-7-5-13(12)18-21(19,20)14-3-1-2-10-8-16-6-4-11(10)14/h1-9H,(H,17,18). The number of benzene rings is 1. The van der Waals surface area contributed by atoms with Crippen LogP contribution in [0.5, 0.6) is 0 Å². The molecule has 3 rings (SSSR count). The molecule has 0 spiro atoms. The highest BCUT2D eigenvalue weighted by atomic mass is 79.9. The molecule has 2 aromatic heterocycles. The van der Waals surface area contributed by atoms with Crippen molar-refractivity contribution in [2.45, 2.75) is 4.90 Å². The second kappa shape index (κ2) is 5.42. The van der Waals surface area contributed by atoms with E-state index in [0.29, 0.717) is 15.5 Å². The SMILES string of the molecule is O=S(=O)(Nc1ccncc1Br)c1cccc2cnccc12. The summed E-state index contributed by atoms with van der Waals surface area (Å²) in [5.41, 5.74) is 0.441. The maximum atomic E-state index is 12.6. The van der Waals surface area contributed by atoms with E-state index in [1.807, 2.05) is 6.07 Å². The predicted octanol–water partition coefficient (Wildman–Crippen LogP) is 3.19. The molecule has 1 aromatic carbocycles. The number of sulfonamides is 1. The Kier molecular flexibility index (Phi) is 3.60. The van der Waals surface area contributed by atoms with Gasteiger partial charge in [0.15, 0.2) is 0 Å². The van der Waals surface area contributed by atoms with Crippen LogP contribution in [0.15, 0.2) is 64.5 Å². The minimum atomic E-state index is -3.70. The number of hydrogen-bond acceptors (Lipinski definition) is 4. The van der Waals surface area contributed by atoms with Crippen molar-refractivity contribution in [1.82, 2.24) is 9.97 Å². The van der Waals surface area contributed by atoms with E-state index in [4.69, 9.17) is 0 Å². The van der Waals surface area contributed by atoms with Crippen LogP contribution in [-0.2, 0) is 10.0 Å². The topological polar surface area (TPSA) is 72.0 Å². The van der Waals surface area contributed by atoms with Gasteiger partial charge in [-0.1, -0.05) is 12.1 Å². The van der Waals surface area contributed by atoms with Gasteiger partial charge in [-0.15, -0.1) is 0 Å². The first-order valence-electron chi connectivity index (χ1n) is 6.03. The fourth-order valence-electron chi connectivity index (χ4n) is 1.98. The average molecular weight is 364 g/mol. The van der Waals surface area contributed by atoms with Crippen LogP contribution in [0, 0.1) is 0 Å². The lowest BCUT2D eigenvalue weighted by Gasteiger charge is -2.11. The van der Waals surface area contributed by atoms with Crippen LogP contribution in [0.1, 0.15) is 0 Å². The molecule has 0 bridgehead atoms. The molecular weight excluding hydrogens is 354 g/mol. The first-order chi connectivity index (χ1) is 10.1. The van der Waals surface area contributed by atoms with Crippen molar-refractivity contribution in [2.24, 2.45) is 0 Å². The third-order valence-corrected chi connectivity index (χ3v) is 5.00. The highest BCUT2D eigenvalue weighted by molar-refractivity contribution is 9.10. The summed E-state index contributed by atoms with van der Waals surface area (Å²) in [7, 11) is -3.70. The number of anilines is 1. The third-order valence-electron chi connectivity index (χ3n) is 2.95. The van der Waals surface area contributed by atoms with Crippen LogP contribution >= 0.6 is 15.9 Å². The van der Waals surface area contributed by atoms with Gasteiger partial charge in [0.25, 0.3) is 10.0 Å². The first kappa shape index (κ1) is 14.0. The summed E-state index contributed by atoms with van der Waals surface area (Å²) >= 11 is 3.27. The van der Waals surface area contributed by atoms with Crippen LogP contribution in [0.3, 0.4) is 0 Å². The molecule has 0 aliphatic rings. The summed E-state index contributed by atoms with van der Waals surface area (Å²) in [5, 5.41) is 1.40.